The van der Waals surface area contributed by atoms with Crippen molar-refractivity contribution in [1.82, 2.24) is 5.32 Å². The standard InChI is InChI=1S/C16H16Br2FNO/c1-10(20-2)13-7-6-12(17)8-15(13)21-9-11-4-3-5-14(19)16(11)18/h3-8,10,20H,9H2,1-2H3. The highest BCUT2D eigenvalue weighted by Crippen LogP contribution is 2.30. The number of hydrogen-bond donors (Lipinski definition) is 1. The Kier molecular flexibility index (Phi) is 5.79. The summed E-state index contributed by atoms with van der Waals surface area (Å²) in [5.74, 6) is 0.497. The van der Waals surface area contributed by atoms with E-state index in [-0.39, 0.29) is 11.9 Å². The Bertz CT molecular complexity index is 634. The van der Waals surface area contributed by atoms with Crippen molar-refractivity contribution in [2.75, 3.05) is 7.05 Å². The first-order valence-electron chi connectivity index (χ1n) is 6.55. The Morgan fingerprint density at radius 3 is 2.71 bits per heavy atom. The predicted octanol–water partition coefficient (Wildman–Crippen LogP) is 5.21. The second kappa shape index (κ2) is 7.38. The van der Waals surface area contributed by atoms with Crippen molar-refractivity contribution < 1.29 is 9.13 Å². The Morgan fingerprint density at radius 1 is 1.24 bits per heavy atom. The first kappa shape index (κ1) is 16.5. The average Bonchev–Trinajstić information content (AvgIpc) is 2.48. The van der Waals surface area contributed by atoms with E-state index in [1.165, 1.54) is 6.07 Å². The van der Waals surface area contributed by atoms with Gasteiger partial charge in [0.15, 0.2) is 0 Å². The molecule has 112 valence electrons. The summed E-state index contributed by atoms with van der Waals surface area (Å²) in [6.07, 6.45) is 0. The lowest BCUT2D eigenvalue weighted by atomic mass is 10.1. The molecule has 0 heterocycles. The van der Waals surface area contributed by atoms with E-state index in [4.69, 9.17) is 4.74 Å². The van der Waals surface area contributed by atoms with E-state index in [2.05, 4.69) is 44.1 Å². The monoisotopic (exact) mass is 415 g/mol. The van der Waals surface area contributed by atoms with Crippen LogP contribution in [0.1, 0.15) is 24.1 Å². The zero-order chi connectivity index (χ0) is 15.4. The summed E-state index contributed by atoms with van der Waals surface area (Å²) >= 11 is 6.70. The molecule has 0 saturated carbocycles. The molecular formula is C16H16Br2FNO. The average molecular weight is 417 g/mol. The second-order valence-corrected chi connectivity index (χ2v) is 6.40. The SMILES string of the molecule is CNC(C)c1ccc(Br)cc1OCc1cccc(F)c1Br. The Morgan fingerprint density at radius 2 is 2.00 bits per heavy atom. The van der Waals surface area contributed by atoms with Crippen LogP contribution in [0.2, 0.25) is 0 Å². The first-order chi connectivity index (χ1) is 10.0. The van der Waals surface area contributed by atoms with Gasteiger partial charge in [-0.1, -0.05) is 34.1 Å². The molecule has 0 fully saturated rings. The van der Waals surface area contributed by atoms with E-state index in [1.54, 1.807) is 6.07 Å². The molecule has 0 amide bonds. The maximum atomic E-state index is 13.5. The minimum absolute atomic E-state index is 0.170. The van der Waals surface area contributed by atoms with Crippen LogP contribution >= 0.6 is 31.9 Å². The van der Waals surface area contributed by atoms with E-state index in [1.807, 2.05) is 31.3 Å². The molecule has 0 aliphatic rings. The summed E-state index contributed by atoms with van der Waals surface area (Å²) in [7, 11) is 1.90. The van der Waals surface area contributed by atoms with Crippen molar-refractivity contribution in [2.24, 2.45) is 0 Å². The maximum absolute atomic E-state index is 13.5. The van der Waals surface area contributed by atoms with Crippen molar-refractivity contribution in [3.05, 3.63) is 62.3 Å². The lowest BCUT2D eigenvalue weighted by Crippen LogP contribution is -2.13. The minimum Gasteiger partial charge on any atom is -0.488 e. The summed E-state index contributed by atoms with van der Waals surface area (Å²) in [6.45, 7) is 2.37. The number of hydrogen-bond acceptors (Lipinski definition) is 2. The molecule has 21 heavy (non-hydrogen) atoms. The normalized spacial score (nSPS) is 12.2. The molecule has 2 aromatic rings. The van der Waals surface area contributed by atoms with Crippen molar-refractivity contribution >= 4 is 31.9 Å². The summed E-state index contributed by atoms with van der Waals surface area (Å²) in [5, 5.41) is 3.20. The largest absolute Gasteiger partial charge is 0.488 e. The van der Waals surface area contributed by atoms with Crippen molar-refractivity contribution in [3.8, 4) is 5.75 Å². The molecular weight excluding hydrogens is 401 g/mol. The third-order valence-electron chi connectivity index (χ3n) is 3.29. The Balaban J connectivity index is 2.23. The molecule has 1 atom stereocenters. The van der Waals surface area contributed by atoms with Crippen LogP contribution in [0.4, 0.5) is 4.39 Å². The molecule has 0 aromatic heterocycles. The highest BCUT2D eigenvalue weighted by atomic mass is 79.9. The van der Waals surface area contributed by atoms with Crippen LogP contribution in [-0.2, 0) is 6.61 Å². The second-order valence-electron chi connectivity index (χ2n) is 4.69. The van der Waals surface area contributed by atoms with E-state index < -0.39 is 0 Å². The van der Waals surface area contributed by atoms with Gasteiger partial charge in [-0.3, -0.25) is 0 Å². The Hall–Kier alpha value is -0.910. The molecule has 1 N–H and O–H groups in total. The molecule has 2 nitrogen and oxygen atoms in total. The van der Waals surface area contributed by atoms with Crippen LogP contribution < -0.4 is 10.1 Å². The molecule has 5 heteroatoms. The third kappa shape index (κ3) is 4.05. The molecule has 0 bridgehead atoms. The topological polar surface area (TPSA) is 21.3 Å². The quantitative estimate of drug-likeness (QED) is 0.722. The van der Waals surface area contributed by atoms with Gasteiger partial charge in [0.05, 0.1) is 4.47 Å². The molecule has 2 rings (SSSR count). The first-order valence-corrected chi connectivity index (χ1v) is 8.14. The summed E-state index contributed by atoms with van der Waals surface area (Å²) in [4.78, 5) is 0. The van der Waals surface area contributed by atoms with E-state index in [0.29, 0.717) is 11.1 Å². The van der Waals surface area contributed by atoms with Gasteiger partial charge < -0.3 is 10.1 Å². The molecule has 2 aromatic carbocycles. The van der Waals surface area contributed by atoms with E-state index in [0.717, 1.165) is 21.3 Å². The zero-order valence-electron chi connectivity index (χ0n) is 11.8. The highest BCUT2D eigenvalue weighted by Gasteiger charge is 2.12. The van der Waals surface area contributed by atoms with Gasteiger partial charge in [0.1, 0.15) is 18.2 Å². The zero-order valence-corrected chi connectivity index (χ0v) is 15.0. The van der Waals surface area contributed by atoms with Crippen molar-refractivity contribution in [2.45, 2.75) is 19.6 Å². The summed E-state index contributed by atoms with van der Waals surface area (Å²) in [5.41, 5.74) is 1.84. The van der Waals surface area contributed by atoms with Crippen molar-refractivity contribution in [3.63, 3.8) is 0 Å². The van der Waals surface area contributed by atoms with Crippen LogP contribution in [0.3, 0.4) is 0 Å². The summed E-state index contributed by atoms with van der Waals surface area (Å²) < 4.78 is 20.8. The predicted molar refractivity (Wildman–Crippen MR) is 90.0 cm³/mol. The third-order valence-corrected chi connectivity index (χ3v) is 4.67. The van der Waals surface area contributed by atoms with Crippen molar-refractivity contribution in [1.29, 1.82) is 0 Å². The van der Waals surface area contributed by atoms with Crippen LogP contribution in [0, 0.1) is 5.82 Å². The van der Waals surface area contributed by atoms with E-state index in [9.17, 15) is 4.39 Å². The van der Waals surface area contributed by atoms with Gasteiger partial charge in [0.2, 0.25) is 0 Å². The van der Waals surface area contributed by atoms with Crippen LogP contribution in [-0.4, -0.2) is 7.05 Å². The molecule has 0 aliphatic carbocycles. The van der Waals surface area contributed by atoms with Gasteiger partial charge in [0, 0.05) is 21.6 Å². The van der Waals surface area contributed by atoms with E-state index >= 15 is 0 Å². The molecule has 1 unspecified atom stereocenters. The lowest BCUT2D eigenvalue weighted by molar-refractivity contribution is 0.298. The van der Waals surface area contributed by atoms with Gasteiger partial charge in [-0.05, 0) is 48.1 Å². The Labute approximate surface area is 141 Å². The van der Waals surface area contributed by atoms with Gasteiger partial charge in [-0.25, -0.2) is 4.39 Å². The van der Waals surface area contributed by atoms with Gasteiger partial charge in [0.25, 0.3) is 0 Å². The van der Waals surface area contributed by atoms with Gasteiger partial charge in [-0.15, -0.1) is 0 Å². The smallest absolute Gasteiger partial charge is 0.137 e. The van der Waals surface area contributed by atoms with Crippen LogP contribution in [0.5, 0.6) is 5.75 Å². The van der Waals surface area contributed by atoms with Crippen LogP contribution in [0.25, 0.3) is 0 Å². The number of nitrogens with one attached hydrogen (secondary N) is 1. The fraction of sp³-hybridized carbons (Fsp3) is 0.250. The molecule has 0 radical (unpaired) electrons. The molecule has 0 saturated heterocycles. The summed E-state index contributed by atoms with van der Waals surface area (Å²) in [6, 6.07) is 11.0. The highest BCUT2D eigenvalue weighted by molar-refractivity contribution is 9.10. The lowest BCUT2D eigenvalue weighted by Gasteiger charge is -2.17. The van der Waals surface area contributed by atoms with Crippen LogP contribution in [0.15, 0.2) is 45.3 Å². The number of benzene rings is 2. The molecule has 0 aliphatic heterocycles. The fourth-order valence-electron chi connectivity index (χ4n) is 1.96. The number of ether oxygens (including phenoxy) is 1. The maximum Gasteiger partial charge on any atom is 0.137 e. The molecule has 0 spiro atoms. The van der Waals surface area contributed by atoms with Gasteiger partial charge >= 0.3 is 0 Å². The van der Waals surface area contributed by atoms with Gasteiger partial charge in [-0.2, -0.15) is 0 Å². The number of rotatable bonds is 5. The number of halogens is 3. The fourth-order valence-corrected chi connectivity index (χ4v) is 2.68. The minimum atomic E-state index is -0.283.